The molecule has 2 heterocycles. The lowest BCUT2D eigenvalue weighted by Crippen LogP contribution is -2.37. The standard InChI is InChI=1S/C10H11Cl2N3O2/c1-10(17)2-3-15(8(10)16)5-6-4-13-9(12)14-7(6)11/h4,17H,2-3,5H2,1H3. The van der Waals surface area contributed by atoms with Crippen LogP contribution in [0.3, 0.4) is 0 Å². The van der Waals surface area contributed by atoms with Gasteiger partial charge < -0.3 is 10.0 Å². The van der Waals surface area contributed by atoms with Gasteiger partial charge in [0, 0.05) is 24.7 Å². The molecule has 1 amide bonds. The van der Waals surface area contributed by atoms with E-state index in [9.17, 15) is 9.90 Å². The van der Waals surface area contributed by atoms with Crippen LogP contribution in [0, 0.1) is 0 Å². The highest BCUT2D eigenvalue weighted by Gasteiger charge is 2.40. The van der Waals surface area contributed by atoms with Crippen LogP contribution in [0.25, 0.3) is 0 Å². The monoisotopic (exact) mass is 275 g/mol. The molecule has 17 heavy (non-hydrogen) atoms. The number of carbonyl (C=O) groups excluding carboxylic acids is 1. The van der Waals surface area contributed by atoms with E-state index in [4.69, 9.17) is 23.2 Å². The third-order valence-electron chi connectivity index (χ3n) is 2.76. The predicted molar refractivity (Wildman–Crippen MR) is 62.7 cm³/mol. The first-order valence-corrected chi connectivity index (χ1v) is 5.84. The minimum Gasteiger partial charge on any atom is -0.380 e. The van der Waals surface area contributed by atoms with E-state index >= 15 is 0 Å². The van der Waals surface area contributed by atoms with Crippen LogP contribution in [0.5, 0.6) is 0 Å². The quantitative estimate of drug-likeness (QED) is 0.652. The third-order valence-corrected chi connectivity index (χ3v) is 3.27. The van der Waals surface area contributed by atoms with E-state index in [1.165, 1.54) is 18.0 Å². The molecule has 92 valence electrons. The van der Waals surface area contributed by atoms with Crippen LogP contribution in [-0.2, 0) is 11.3 Å². The Morgan fingerprint density at radius 3 is 2.82 bits per heavy atom. The number of halogens is 2. The molecular weight excluding hydrogens is 265 g/mol. The highest BCUT2D eigenvalue weighted by molar-refractivity contribution is 6.32. The molecular formula is C10H11Cl2N3O2. The van der Waals surface area contributed by atoms with Crippen molar-refractivity contribution in [1.82, 2.24) is 14.9 Å². The van der Waals surface area contributed by atoms with Crippen LogP contribution in [0.2, 0.25) is 10.4 Å². The van der Waals surface area contributed by atoms with Gasteiger partial charge in [-0.25, -0.2) is 9.97 Å². The minimum atomic E-state index is -1.28. The molecule has 1 saturated heterocycles. The highest BCUT2D eigenvalue weighted by atomic mass is 35.5. The molecule has 0 aromatic carbocycles. The Balaban J connectivity index is 2.15. The van der Waals surface area contributed by atoms with Crippen LogP contribution < -0.4 is 0 Å². The van der Waals surface area contributed by atoms with Gasteiger partial charge in [0.2, 0.25) is 5.28 Å². The Hall–Kier alpha value is -0.910. The van der Waals surface area contributed by atoms with Crippen LogP contribution >= 0.6 is 23.2 Å². The van der Waals surface area contributed by atoms with Gasteiger partial charge in [0.25, 0.3) is 5.91 Å². The van der Waals surface area contributed by atoms with Crippen molar-refractivity contribution in [3.63, 3.8) is 0 Å². The van der Waals surface area contributed by atoms with Gasteiger partial charge in [-0.15, -0.1) is 0 Å². The second-order valence-electron chi connectivity index (χ2n) is 4.21. The molecule has 0 saturated carbocycles. The summed E-state index contributed by atoms with van der Waals surface area (Å²) >= 11 is 11.5. The van der Waals surface area contributed by atoms with Crippen molar-refractivity contribution < 1.29 is 9.90 Å². The maximum absolute atomic E-state index is 11.8. The molecule has 1 N–H and O–H groups in total. The highest BCUT2D eigenvalue weighted by Crippen LogP contribution is 2.25. The molecule has 7 heteroatoms. The summed E-state index contributed by atoms with van der Waals surface area (Å²) in [5, 5.41) is 10.0. The number of aromatic nitrogens is 2. The van der Waals surface area contributed by atoms with Gasteiger partial charge in [-0.3, -0.25) is 4.79 Å². The number of amides is 1. The number of hydrogen-bond donors (Lipinski definition) is 1. The summed E-state index contributed by atoms with van der Waals surface area (Å²) in [6, 6.07) is 0. The van der Waals surface area contributed by atoms with E-state index in [1.807, 2.05) is 0 Å². The minimum absolute atomic E-state index is 0.0681. The molecule has 1 fully saturated rings. The van der Waals surface area contributed by atoms with Crippen LogP contribution in [-0.4, -0.2) is 38.0 Å². The van der Waals surface area contributed by atoms with Gasteiger partial charge in [-0.2, -0.15) is 0 Å². The number of hydrogen-bond acceptors (Lipinski definition) is 4. The van der Waals surface area contributed by atoms with E-state index < -0.39 is 5.60 Å². The maximum Gasteiger partial charge on any atom is 0.254 e. The summed E-state index contributed by atoms with van der Waals surface area (Å²) in [5.41, 5.74) is -0.665. The molecule has 0 bridgehead atoms. The SMILES string of the molecule is CC1(O)CCN(Cc2cnc(Cl)nc2Cl)C1=O. The van der Waals surface area contributed by atoms with Gasteiger partial charge in [0.1, 0.15) is 10.8 Å². The molecule has 2 rings (SSSR count). The molecule has 5 nitrogen and oxygen atoms in total. The van der Waals surface area contributed by atoms with Gasteiger partial charge in [-0.1, -0.05) is 11.6 Å². The zero-order chi connectivity index (χ0) is 12.6. The van der Waals surface area contributed by atoms with Crippen molar-refractivity contribution >= 4 is 29.1 Å². The molecule has 1 aromatic rings. The lowest BCUT2D eigenvalue weighted by molar-refractivity contribution is -0.142. The molecule has 1 unspecified atom stereocenters. The van der Waals surface area contributed by atoms with Crippen molar-refractivity contribution in [2.45, 2.75) is 25.5 Å². The van der Waals surface area contributed by atoms with Crippen molar-refractivity contribution in [1.29, 1.82) is 0 Å². The van der Waals surface area contributed by atoms with Crippen molar-refractivity contribution in [2.75, 3.05) is 6.54 Å². The van der Waals surface area contributed by atoms with E-state index in [2.05, 4.69) is 9.97 Å². The van der Waals surface area contributed by atoms with Crippen molar-refractivity contribution in [3.05, 3.63) is 22.2 Å². The number of carbonyl (C=O) groups is 1. The predicted octanol–water partition coefficient (Wildman–Crippen LogP) is 1.27. The molecule has 1 aliphatic heterocycles. The summed E-state index contributed by atoms with van der Waals surface area (Å²) in [6.07, 6.45) is 1.90. The molecule has 0 radical (unpaired) electrons. The Morgan fingerprint density at radius 2 is 2.29 bits per heavy atom. The number of rotatable bonds is 2. The Labute approximate surface area is 108 Å². The zero-order valence-electron chi connectivity index (χ0n) is 9.15. The maximum atomic E-state index is 11.8. The van der Waals surface area contributed by atoms with E-state index in [-0.39, 0.29) is 22.9 Å². The largest absolute Gasteiger partial charge is 0.380 e. The second kappa shape index (κ2) is 4.40. The van der Waals surface area contributed by atoms with Gasteiger partial charge in [0.15, 0.2) is 0 Å². The van der Waals surface area contributed by atoms with E-state index in [0.29, 0.717) is 18.5 Å². The smallest absolute Gasteiger partial charge is 0.254 e. The van der Waals surface area contributed by atoms with Crippen LogP contribution in [0.4, 0.5) is 0 Å². The zero-order valence-corrected chi connectivity index (χ0v) is 10.7. The van der Waals surface area contributed by atoms with Crippen molar-refractivity contribution in [2.24, 2.45) is 0 Å². The van der Waals surface area contributed by atoms with Gasteiger partial charge in [0.05, 0.1) is 6.54 Å². The average molecular weight is 276 g/mol. The summed E-state index contributed by atoms with van der Waals surface area (Å²) < 4.78 is 0. The third kappa shape index (κ3) is 2.51. The Bertz CT molecular complexity index is 465. The number of nitrogens with zero attached hydrogens (tertiary/aromatic N) is 3. The van der Waals surface area contributed by atoms with Crippen LogP contribution in [0.15, 0.2) is 6.20 Å². The average Bonchev–Trinajstić information content (AvgIpc) is 2.49. The van der Waals surface area contributed by atoms with E-state index in [1.54, 1.807) is 0 Å². The lowest BCUT2D eigenvalue weighted by atomic mass is 10.1. The molecule has 1 aromatic heterocycles. The lowest BCUT2D eigenvalue weighted by Gasteiger charge is -2.18. The van der Waals surface area contributed by atoms with Crippen LogP contribution in [0.1, 0.15) is 18.9 Å². The fourth-order valence-corrected chi connectivity index (χ4v) is 2.10. The first kappa shape index (κ1) is 12.5. The second-order valence-corrected chi connectivity index (χ2v) is 4.90. The summed E-state index contributed by atoms with van der Waals surface area (Å²) in [4.78, 5) is 20.9. The summed E-state index contributed by atoms with van der Waals surface area (Å²) in [7, 11) is 0. The topological polar surface area (TPSA) is 66.3 Å². The molecule has 0 aliphatic carbocycles. The molecule has 0 spiro atoms. The number of aliphatic hydroxyl groups is 1. The molecule has 1 aliphatic rings. The Kier molecular flexibility index (Phi) is 3.25. The first-order valence-electron chi connectivity index (χ1n) is 5.09. The van der Waals surface area contributed by atoms with Gasteiger partial charge in [-0.05, 0) is 18.5 Å². The van der Waals surface area contributed by atoms with Gasteiger partial charge >= 0.3 is 0 Å². The Morgan fingerprint density at radius 1 is 1.59 bits per heavy atom. The summed E-state index contributed by atoms with van der Waals surface area (Å²) in [6.45, 7) is 2.28. The normalized spacial score (nSPS) is 24.5. The van der Waals surface area contributed by atoms with E-state index in [0.717, 1.165) is 0 Å². The first-order chi connectivity index (χ1) is 7.90. The summed E-state index contributed by atoms with van der Waals surface area (Å²) in [5.74, 6) is -0.302. The molecule has 1 atom stereocenters. The fourth-order valence-electron chi connectivity index (χ4n) is 1.73. The van der Waals surface area contributed by atoms with Crippen molar-refractivity contribution in [3.8, 4) is 0 Å². The fraction of sp³-hybridized carbons (Fsp3) is 0.500. The number of likely N-dealkylation sites (tertiary alicyclic amines) is 1.